The van der Waals surface area contributed by atoms with Crippen molar-refractivity contribution in [3.63, 3.8) is 0 Å². The highest BCUT2D eigenvalue weighted by Crippen LogP contribution is 2.68. The van der Waals surface area contributed by atoms with Gasteiger partial charge in [0, 0.05) is 6.42 Å². The van der Waals surface area contributed by atoms with E-state index in [1.54, 1.807) is 6.08 Å². The first-order valence-corrected chi connectivity index (χ1v) is 15.3. The Labute approximate surface area is 210 Å². The Bertz CT molecular complexity index is 911. The molecule has 202 valence electrons. The van der Waals surface area contributed by atoms with Gasteiger partial charge in [0.25, 0.3) is 0 Å². The quantitative estimate of drug-likeness (QED) is 0.251. The highest BCUT2D eigenvalue weighted by molar-refractivity contribution is 7.87. The number of fused-ring (bicyclic) bond motifs is 5. The molecule has 4 aliphatic rings. The zero-order chi connectivity index (χ0) is 25.8. The molecule has 3 fully saturated rings. The number of rotatable bonds is 7. The molecule has 4 aliphatic carbocycles. The van der Waals surface area contributed by atoms with Crippen LogP contribution in [0.3, 0.4) is 0 Å². The van der Waals surface area contributed by atoms with Gasteiger partial charge < -0.3 is 4.18 Å². The molecular weight excluding hydrogens is 473 g/mol. The smallest absolute Gasteiger partial charge is 0.381 e. The minimum atomic E-state index is -5.59. The van der Waals surface area contributed by atoms with Crippen molar-refractivity contribution < 1.29 is 25.8 Å². The Kier molecular flexibility index (Phi) is 7.45. The Morgan fingerprint density at radius 1 is 0.971 bits per heavy atom. The maximum Gasteiger partial charge on any atom is 0.534 e. The van der Waals surface area contributed by atoms with Crippen LogP contribution >= 0.6 is 0 Å². The third kappa shape index (κ3) is 4.93. The second-order valence-electron chi connectivity index (χ2n) is 13.2. The molecule has 8 atom stereocenters. The summed E-state index contributed by atoms with van der Waals surface area (Å²) in [6, 6.07) is 0. The van der Waals surface area contributed by atoms with Crippen LogP contribution < -0.4 is 0 Å². The Hall–Kier alpha value is -0.720. The average molecular weight is 519 g/mol. The van der Waals surface area contributed by atoms with E-state index in [2.05, 4.69) is 38.8 Å². The van der Waals surface area contributed by atoms with Crippen molar-refractivity contribution in [2.45, 2.75) is 111 Å². The van der Waals surface area contributed by atoms with E-state index < -0.39 is 15.6 Å². The zero-order valence-corrected chi connectivity index (χ0v) is 23.0. The average Bonchev–Trinajstić information content (AvgIpc) is 3.10. The lowest BCUT2D eigenvalue weighted by Gasteiger charge is -2.60. The molecule has 0 unspecified atom stereocenters. The highest BCUT2D eigenvalue weighted by atomic mass is 32.2. The Balaban J connectivity index is 1.46. The number of halogens is 3. The molecule has 0 saturated heterocycles. The van der Waals surface area contributed by atoms with Crippen LogP contribution in [-0.2, 0) is 14.3 Å². The van der Waals surface area contributed by atoms with E-state index in [1.165, 1.54) is 44.9 Å². The van der Waals surface area contributed by atoms with Crippen LogP contribution in [0.5, 0.6) is 0 Å². The lowest BCUT2D eigenvalue weighted by atomic mass is 9.45. The van der Waals surface area contributed by atoms with Gasteiger partial charge in [-0.3, -0.25) is 0 Å². The normalized spacial score (nSPS) is 40.5. The van der Waals surface area contributed by atoms with Gasteiger partial charge in [-0.15, -0.1) is 0 Å². The van der Waals surface area contributed by atoms with Crippen molar-refractivity contribution in [3.8, 4) is 0 Å². The van der Waals surface area contributed by atoms with E-state index in [4.69, 9.17) is 0 Å². The summed E-state index contributed by atoms with van der Waals surface area (Å²) in [6.45, 7) is 12.0. The van der Waals surface area contributed by atoms with Gasteiger partial charge in [0.15, 0.2) is 0 Å². The van der Waals surface area contributed by atoms with Crippen LogP contribution in [0.2, 0.25) is 0 Å². The summed E-state index contributed by atoms with van der Waals surface area (Å²) >= 11 is 0. The van der Waals surface area contributed by atoms with Crippen LogP contribution in [-0.4, -0.2) is 13.9 Å². The fourth-order valence-corrected chi connectivity index (χ4v) is 9.63. The molecular formula is C28H45F3O3S. The molecule has 0 amide bonds. The zero-order valence-electron chi connectivity index (χ0n) is 22.2. The summed E-state index contributed by atoms with van der Waals surface area (Å²) in [5.74, 6) is 4.38. The molecule has 0 heterocycles. The largest absolute Gasteiger partial charge is 0.534 e. The summed E-state index contributed by atoms with van der Waals surface area (Å²) in [7, 11) is -5.59. The van der Waals surface area contributed by atoms with Crippen molar-refractivity contribution in [1.82, 2.24) is 0 Å². The van der Waals surface area contributed by atoms with Gasteiger partial charge in [-0.25, -0.2) is 0 Å². The van der Waals surface area contributed by atoms with Gasteiger partial charge in [-0.05, 0) is 103 Å². The Morgan fingerprint density at radius 2 is 1.66 bits per heavy atom. The third-order valence-corrected chi connectivity index (χ3v) is 11.9. The predicted molar refractivity (Wildman–Crippen MR) is 133 cm³/mol. The maximum absolute atomic E-state index is 12.8. The summed E-state index contributed by atoms with van der Waals surface area (Å²) < 4.78 is 66.1. The molecule has 0 N–H and O–H groups in total. The summed E-state index contributed by atoms with van der Waals surface area (Å²) in [5.41, 5.74) is -4.97. The first-order chi connectivity index (χ1) is 16.2. The fraction of sp³-hybridized carbons (Fsp3) is 0.929. The fourth-order valence-electron chi connectivity index (χ4n) is 9.11. The third-order valence-electron chi connectivity index (χ3n) is 10.9. The Morgan fingerprint density at radius 3 is 2.31 bits per heavy atom. The van der Waals surface area contributed by atoms with E-state index in [1.807, 2.05) is 0 Å². The van der Waals surface area contributed by atoms with Gasteiger partial charge in [-0.2, -0.15) is 21.6 Å². The van der Waals surface area contributed by atoms with E-state index in [-0.39, 0.29) is 23.5 Å². The van der Waals surface area contributed by atoms with Crippen molar-refractivity contribution in [2.24, 2.45) is 52.3 Å². The first-order valence-electron chi connectivity index (χ1n) is 13.9. The van der Waals surface area contributed by atoms with E-state index >= 15 is 0 Å². The van der Waals surface area contributed by atoms with Crippen molar-refractivity contribution in [1.29, 1.82) is 0 Å². The van der Waals surface area contributed by atoms with Crippen LogP contribution in [0.25, 0.3) is 0 Å². The van der Waals surface area contributed by atoms with E-state index in [0.717, 1.165) is 36.5 Å². The van der Waals surface area contributed by atoms with Crippen molar-refractivity contribution in [2.75, 3.05) is 0 Å². The van der Waals surface area contributed by atoms with Crippen molar-refractivity contribution >= 4 is 10.1 Å². The minimum Gasteiger partial charge on any atom is -0.381 e. The molecule has 0 spiro atoms. The maximum atomic E-state index is 12.8. The number of alkyl halides is 3. The SMILES string of the molecule is CC(C)CCC[C@@H](C)[C@H]1CC[C@H]2[C@@H]3CC[C@H]4C=C(OS(=O)(=O)C(F)(F)F)CC[C@]4(C)[C@H]3CC[C@]12C. The molecule has 0 bridgehead atoms. The van der Waals surface area contributed by atoms with Crippen molar-refractivity contribution in [3.05, 3.63) is 11.8 Å². The molecule has 0 aliphatic heterocycles. The molecule has 4 rings (SSSR count). The summed E-state index contributed by atoms with van der Waals surface area (Å²) in [6.07, 6.45) is 13.7. The minimum absolute atomic E-state index is 0.0138. The van der Waals surface area contributed by atoms with Gasteiger partial charge in [-0.1, -0.05) is 53.9 Å². The van der Waals surface area contributed by atoms with Gasteiger partial charge in [0.1, 0.15) is 5.76 Å². The molecule has 3 saturated carbocycles. The molecule has 0 aromatic rings. The molecule has 3 nitrogen and oxygen atoms in total. The molecule has 7 heteroatoms. The van der Waals surface area contributed by atoms with E-state index in [0.29, 0.717) is 23.7 Å². The van der Waals surface area contributed by atoms with Gasteiger partial charge in [0.05, 0.1) is 0 Å². The second kappa shape index (κ2) is 9.54. The lowest BCUT2D eigenvalue weighted by Crippen LogP contribution is -2.52. The summed E-state index contributed by atoms with van der Waals surface area (Å²) in [5, 5.41) is 0. The first kappa shape index (κ1) is 27.3. The number of hydrogen-bond acceptors (Lipinski definition) is 3. The van der Waals surface area contributed by atoms with Gasteiger partial charge >= 0.3 is 15.6 Å². The van der Waals surface area contributed by atoms with Crippen LogP contribution in [0.15, 0.2) is 11.8 Å². The highest BCUT2D eigenvalue weighted by Gasteiger charge is 2.60. The number of allylic oxidation sites excluding steroid dienone is 2. The van der Waals surface area contributed by atoms with Crippen LogP contribution in [0.4, 0.5) is 13.2 Å². The molecule has 0 aromatic heterocycles. The molecule has 35 heavy (non-hydrogen) atoms. The topological polar surface area (TPSA) is 43.4 Å². The predicted octanol–water partition coefficient (Wildman–Crippen LogP) is 8.47. The second-order valence-corrected chi connectivity index (χ2v) is 14.8. The van der Waals surface area contributed by atoms with E-state index in [9.17, 15) is 21.6 Å². The lowest BCUT2D eigenvalue weighted by molar-refractivity contribution is -0.0980. The van der Waals surface area contributed by atoms with Crippen LogP contribution in [0, 0.1) is 52.3 Å². The monoisotopic (exact) mass is 518 g/mol. The molecule has 0 radical (unpaired) electrons. The molecule has 0 aromatic carbocycles. The number of hydrogen-bond donors (Lipinski definition) is 0. The van der Waals surface area contributed by atoms with Crippen LogP contribution in [0.1, 0.15) is 105 Å². The standard InChI is InChI=1S/C28H45F3O3S/c1-18(2)7-6-8-19(3)23-11-12-24-22-10-9-20-17-21(34-35(32,33)28(29,30)31)13-15-26(20,4)25(22)14-16-27(23,24)5/h17-20,22-25H,6-16H2,1-5H3/t19-,20+,22+,23-,24+,25+,26+,27-/m1/s1. The van der Waals surface area contributed by atoms with Gasteiger partial charge in [0.2, 0.25) is 0 Å². The summed E-state index contributed by atoms with van der Waals surface area (Å²) in [4.78, 5) is 0.